The Morgan fingerprint density at radius 3 is 2.14 bits per heavy atom. The van der Waals surface area contributed by atoms with E-state index in [0.29, 0.717) is 11.0 Å². The third-order valence-corrected chi connectivity index (χ3v) is 5.22. The van der Waals surface area contributed by atoms with Crippen molar-refractivity contribution in [3.63, 3.8) is 0 Å². The number of alkyl halides is 2. The van der Waals surface area contributed by atoms with E-state index in [-0.39, 0.29) is 25.6 Å². The number of amides is 1. The first kappa shape index (κ1) is 26.2. The van der Waals surface area contributed by atoms with Crippen molar-refractivity contribution in [1.29, 1.82) is 0 Å². The Bertz CT molecular complexity index is 1180. The maximum Gasteiger partial charge on any atom is 0.482 e. The van der Waals surface area contributed by atoms with E-state index >= 15 is 0 Å². The number of carbonyl (C=O) groups excluding carboxylic acids is 1. The zero-order valence-corrected chi connectivity index (χ0v) is 17.9. The van der Waals surface area contributed by atoms with Gasteiger partial charge in [0.25, 0.3) is 0 Å². The SMILES string of the molecule is C[C@H](CN(C)CCC(=O)O)N1C(=O)C(F)(F)Oc2cc(F)c(-c3c(F)c(F)c(F)c(F)c3F)cc21. The summed E-state index contributed by atoms with van der Waals surface area (Å²) >= 11 is 0. The minimum Gasteiger partial charge on any atom is -0.481 e. The van der Waals surface area contributed by atoms with E-state index in [4.69, 9.17) is 5.11 Å². The maximum atomic E-state index is 14.7. The van der Waals surface area contributed by atoms with Crippen LogP contribution in [0.1, 0.15) is 13.3 Å². The normalized spacial score (nSPS) is 15.7. The molecule has 0 saturated heterocycles. The molecule has 2 aromatic rings. The predicted octanol–water partition coefficient (Wildman–Crippen LogP) is 4.30. The van der Waals surface area contributed by atoms with Gasteiger partial charge >= 0.3 is 18.0 Å². The summed E-state index contributed by atoms with van der Waals surface area (Å²) in [6.07, 6.45) is -4.79. The molecule has 1 atom stereocenters. The molecule has 1 heterocycles. The van der Waals surface area contributed by atoms with Gasteiger partial charge in [-0.2, -0.15) is 8.78 Å². The monoisotopic (exact) mass is 512 g/mol. The van der Waals surface area contributed by atoms with Crippen LogP contribution in [0.5, 0.6) is 5.75 Å². The van der Waals surface area contributed by atoms with E-state index in [1.54, 1.807) is 0 Å². The Morgan fingerprint density at radius 2 is 1.60 bits per heavy atom. The second-order valence-corrected chi connectivity index (χ2v) is 7.79. The molecule has 6 nitrogen and oxygen atoms in total. The molecule has 0 radical (unpaired) electrons. The van der Waals surface area contributed by atoms with Crippen molar-refractivity contribution >= 4 is 17.6 Å². The molecule has 0 fully saturated rings. The van der Waals surface area contributed by atoms with Crippen LogP contribution in [-0.4, -0.2) is 54.2 Å². The molecule has 1 aliphatic rings. The molecule has 1 amide bonds. The molecule has 0 spiro atoms. The molecule has 0 aromatic heterocycles. The van der Waals surface area contributed by atoms with Crippen LogP contribution in [0.3, 0.4) is 0 Å². The number of hydrogen-bond acceptors (Lipinski definition) is 4. The zero-order valence-electron chi connectivity index (χ0n) is 17.9. The number of carbonyl (C=O) groups is 2. The Balaban J connectivity index is 2.15. The first-order chi connectivity index (χ1) is 16.2. The van der Waals surface area contributed by atoms with Crippen LogP contribution in [0.2, 0.25) is 0 Å². The molecule has 0 bridgehead atoms. The van der Waals surface area contributed by atoms with Gasteiger partial charge in [0, 0.05) is 30.8 Å². The predicted molar refractivity (Wildman–Crippen MR) is 104 cm³/mol. The summed E-state index contributed by atoms with van der Waals surface area (Å²) in [5.74, 6) is -17.6. The van der Waals surface area contributed by atoms with Gasteiger partial charge in [-0.3, -0.25) is 14.5 Å². The standard InChI is InChI=1S/C21H16F8N2O4/c1-8(7-30(2)4-3-13(32)33)31-11-5-9(10(22)6-12(11)35-21(28,29)20(31)34)14-15(23)17(25)19(27)18(26)16(14)24/h5-6,8H,3-4,7H2,1-2H3,(H,32,33)/t8-/m1/s1. The third kappa shape index (κ3) is 4.74. The number of likely N-dealkylation sites (N-methyl/N-ethyl adjacent to an activating group) is 1. The van der Waals surface area contributed by atoms with Gasteiger partial charge in [0.1, 0.15) is 5.82 Å². The fraction of sp³-hybridized carbons (Fsp3) is 0.333. The zero-order chi connectivity index (χ0) is 26.4. The molecule has 0 saturated carbocycles. The number of ether oxygens (including phenoxy) is 1. The molecule has 14 heteroatoms. The van der Waals surface area contributed by atoms with Crippen molar-refractivity contribution in [2.75, 3.05) is 25.0 Å². The van der Waals surface area contributed by atoms with Crippen LogP contribution < -0.4 is 9.64 Å². The highest BCUT2D eigenvalue weighted by molar-refractivity contribution is 6.02. The van der Waals surface area contributed by atoms with Crippen LogP contribution in [0.15, 0.2) is 12.1 Å². The van der Waals surface area contributed by atoms with Crippen LogP contribution in [0.4, 0.5) is 40.8 Å². The number of benzene rings is 2. The van der Waals surface area contributed by atoms with Crippen molar-refractivity contribution in [3.8, 4) is 16.9 Å². The summed E-state index contributed by atoms with van der Waals surface area (Å²) in [7, 11) is 1.42. The van der Waals surface area contributed by atoms with E-state index in [2.05, 4.69) is 4.74 Å². The molecule has 1 aliphatic heterocycles. The van der Waals surface area contributed by atoms with Gasteiger partial charge in [-0.25, -0.2) is 26.3 Å². The van der Waals surface area contributed by atoms with E-state index in [0.717, 1.165) is 0 Å². The van der Waals surface area contributed by atoms with E-state index < -0.39 is 81.5 Å². The topological polar surface area (TPSA) is 70.1 Å². The molecule has 35 heavy (non-hydrogen) atoms. The summed E-state index contributed by atoms with van der Waals surface area (Å²) in [5.41, 5.74) is -3.49. The summed E-state index contributed by atoms with van der Waals surface area (Å²) in [6, 6.07) is -0.467. The summed E-state index contributed by atoms with van der Waals surface area (Å²) in [6.45, 7) is 1.03. The van der Waals surface area contributed by atoms with E-state index in [1.807, 2.05) is 0 Å². The van der Waals surface area contributed by atoms with Crippen molar-refractivity contribution in [2.24, 2.45) is 0 Å². The van der Waals surface area contributed by atoms with Crippen LogP contribution in [-0.2, 0) is 9.59 Å². The Kier molecular flexibility index (Phi) is 6.97. The molecule has 2 aromatic carbocycles. The number of hydrogen-bond donors (Lipinski definition) is 1. The number of fused-ring (bicyclic) bond motifs is 1. The molecule has 1 N–H and O–H groups in total. The minimum atomic E-state index is -4.47. The fourth-order valence-corrected chi connectivity index (χ4v) is 3.63. The van der Waals surface area contributed by atoms with Crippen molar-refractivity contribution < 1.29 is 54.6 Å². The molecule has 3 rings (SSSR count). The lowest BCUT2D eigenvalue weighted by molar-refractivity contribution is -0.193. The smallest absolute Gasteiger partial charge is 0.481 e. The highest BCUT2D eigenvalue weighted by atomic mass is 19.3. The number of nitrogens with zero attached hydrogens (tertiary/aromatic N) is 2. The second-order valence-electron chi connectivity index (χ2n) is 7.79. The summed E-state index contributed by atoms with van der Waals surface area (Å²) < 4.78 is 117. The minimum absolute atomic E-state index is 0.0410. The first-order valence-electron chi connectivity index (χ1n) is 9.83. The molecule has 0 aliphatic carbocycles. The third-order valence-electron chi connectivity index (χ3n) is 5.22. The maximum absolute atomic E-state index is 14.7. The lowest BCUT2D eigenvalue weighted by Gasteiger charge is -2.38. The molecule has 0 unspecified atom stereocenters. The average Bonchev–Trinajstić information content (AvgIpc) is 2.76. The Labute approximate surface area is 192 Å². The van der Waals surface area contributed by atoms with Gasteiger partial charge in [0.2, 0.25) is 5.82 Å². The van der Waals surface area contributed by atoms with Gasteiger partial charge in [-0.05, 0) is 20.0 Å². The first-order valence-corrected chi connectivity index (χ1v) is 9.83. The van der Waals surface area contributed by atoms with Gasteiger partial charge in [-0.15, -0.1) is 0 Å². The Hall–Kier alpha value is -3.42. The van der Waals surface area contributed by atoms with Crippen molar-refractivity contribution in [3.05, 3.63) is 47.0 Å². The number of aliphatic carboxylic acids is 1. The fourth-order valence-electron chi connectivity index (χ4n) is 3.63. The van der Waals surface area contributed by atoms with Gasteiger partial charge in [0.15, 0.2) is 29.0 Å². The lowest BCUT2D eigenvalue weighted by Crippen LogP contribution is -2.56. The lowest BCUT2D eigenvalue weighted by atomic mass is 10.00. The number of rotatable bonds is 7. The van der Waals surface area contributed by atoms with Crippen LogP contribution >= 0.6 is 0 Å². The van der Waals surface area contributed by atoms with Crippen molar-refractivity contribution in [1.82, 2.24) is 4.90 Å². The quantitative estimate of drug-likeness (QED) is 0.341. The van der Waals surface area contributed by atoms with E-state index in [1.165, 1.54) is 18.9 Å². The number of anilines is 1. The van der Waals surface area contributed by atoms with E-state index in [9.17, 15) is 44.7 Å². The van der Waals surface area contributed by atoms with Crippen LogP contribution in [0.25, 0.3) is 11.1 Å². The summed E-state index contributed by atoms with van der Waals surface area (Å²) in [4.78, 5) is 25.0. The van der Waals surface area contributed by atoms with Gasteiger partial charge in [0.05, 0.1) is 17.7 Å². The van der Waals surface area contributed by atoms with Gasteiger partial charge < -0.3 is 14.7 Å². The number of carboxylic acid groups (broad SMARTS) is 1. The number of carboxylic acids is 1. The molecule has 190 valence electrons. The number of halogens is 8. The highest BCUT2D eigenvalue weighted by Gasteiger charge is 2.52. The second kappa shape index (κ2) is 9.32. The largest absolute Gasteiger partial charge is 0.482 e. The molecular weight excluding hydrogens is 496 g/mol. The van der Waals surface area contributed by atoms with Crippen LogP contribution in [0, 0.1) is 34.9 Å². The summed E-state index contributed by atoms with van der Waals surface area (Å²) in [5, 5.41) is 8.77. The average molecular weight is 512 g/mol. The van der Waals surface area contributed by atoms with Crippen molar-refractivity contribution in [2.45, 2.75) is 25.5 Å². The highest BCUT2D eigenvalue weighted by Crippen LogP contribution is 2.45. The Morgan fingerprint density at radius 1 is 1.06 bits per heavy atom. The van der Waals surface area contributed by atoms with Gasteiger partial charge in [-0.1, -0.05) is 0 Å². The molecular formula is C21H16F8N2O4.